The van der Waals surface area contributed by atoms with E-state index in [9.17, 15) is 8.78 Å². The predicted molar refractivity (Wildman–Crippen MR) is 96.2 cm³/mol. The third-order valence-corrected chi connectivity index (χ3v) is 2.71. The Hall–Kier alpha value is -1.12. The molecule has 0 saturated heterocycles. The van der Waals surface area contributed by atoms with Crippen molar-refractivity contribution in [3.8, 4) is 5.75 Å². The fraction of sp³-hybridized carbons (Fsp3) is 0.533. The van der Waals surface area contributed by atoms with Crippen LogP contribution in [0.4, 0.5) is 8.78 Å². The molecule has 1 aromatic rings. The number of hydrogen-bond acceptors (Lipinski definition) is 2. The Labute approximate surface area is 147 Å². The fourth-order valence-corrected chi connectivity index (χ4v) is 1.72. The summed E-state index contributed by atoms with van der Waals surface area (Å²) in [5, 5.41) is 6.37. The lowest BCUT2D eigenvalue weighted by Gasteiger charge is -2.11. The third-order valence-electron chi connectivity index (χ3n) is 2.71. The van der Waals surface area contributed by atoms with Gasteiger partial charge in [-0.3, -0.25) is 0 Å². The summed E-state index contributed by atoms with van der Waals surface area (Å²) in [6, 6.07) is 6.59. The van der Waals surface area contributed by atoms with Crippen LogP contribution in [0.15, 0.2) is 29.3 Å². The molecular weight excluding hydrogens is 403 g/mol. The minimum atomic E-state index is -2.81. The first-order valence-electron chi connectivity index (χ1n) is 7.21. The summed E-state index contributed by atoms with van der Waals surface area (Å²) in [5.74, 6) is 0.882. The summed E-state index contributed by atoms with van der Waals surface area (Å²) >= 11 is 0. The van der Waals surface area contributed by atoms with E-state index >= 15 is 0 Å². The molecule has 0 atom stereocenters. The van der Waals surface area contributed by atoms with Gasteiger partial charge in [-0.05, 0) is 31.0 Å². The molecule has 1 aromatic carbocycles. The molecule has 0 spiro atoms. The van der Waals surface area contributed by atoms with Crippen LogP contribution in [-0.2, 0) is 6.54 Å². The number of hydrogen-bond donors (Lipinski definition) is 2. The predicted octanol–water partition coefficient (Wildman–Crippen LogP) is 3.76. The van der Waals surface area contributed by atoms with Gasteiger partial charge in [-0.25, -0.2) is 4.99 Å². The van der Waals surface area contributed by atoms with Gasteiger partial charge in [-0.1, -0.05) is 25.5 Å². The maximum atomic E-state index is 12.2. The van der Waals surface area contributed by atoms with Crippen LogP contribution in [0.3, 0.4) is 0 Å². The molecule has 0 aliphatic carbocycles. The second kappa shape index (κ2) is 12.4. The number of ether oxygens (including phenoxy) is 1. The molecule has 4 nitrogen and oxygen atoms in total. The lowest BCUT2D eigenvalue weighted by molar-refractivity contribution is -0.0498. The van der Waals surface area contributed by atoms with Crippen molar-refractivity contribution >= 4 is 29.9 Å². The largest absolute Gasteiger partial charge is 0.435 e. The van der Waals surface area contributed by atoms with E-state index in [0.29, 0.717) is 6.54 Å². The van der Waals surface area contributed by atoms with Crippen molar-refractivity contribution in [2.75, 3.05) is 13.1 Å². The quantitative estimate of drug-likeness (QED) is 0.288. The van der Waals surface area contributed by atoms with Crippen molar-refractivity contribution in [3.05, 3.63) is 29.8 Å². The van der Waals surface area contributed by atoms with Gasteiger partial charge in [0, 0.05) is 13.1 Å². The van der Waals surface area contributed by atoms with Crippen LogP contribution >= 0.6 is 24.0 Å². The number of nitrogens with one attached hydrogen (secondary N) is 2. The van der Waals surface area contributed by atoms with Gasteiger partial charge in [0.2, 0.25) is 0 Å². The minimum Gasteiger partial charge on any atom is -0.435 e. The molecule has 7 heteroatoms. The minimum absolute atomic E-state index is 0. The normalized spacial score (nSPS) is 11.0. The van der Waals surface area contributed by atoms with E-state index in [4.69, 9.17) is 0 Å². The number of rotatable bonds is 8. The van der Waals surface area contributed by atoms with Crippen molar-refractivity contribution in [2.24, 2.45) is 4.99 Å². The van der Waals surface area contributed by atoms with Gasteiger partial charge in [-0.2, -0.15) is 8.78 Å². The molecule has 0 heterocycles. The summed E-state index contributed by atoms with van der Waals surface area (Å²) in [7, 11) is 0. The Morgan fingerprint density at radius 3 is 2.68 bits per heavy atom. The van der Waals surface area contributed by atoms with Crippen LogP contribution in [-0.4, -0.2) is 25.7 Å². The van der Waals surface area contributed by atoms with Crippen LogP contribution in [0.5, 0.6) is 5.75 Å². The summed E-state index contributed by atoms with van der Waals surface area (Å²) in [6.45, 7) is 3.34. The molecule has 0 amide bonds. The lowest BCUT2D eigenvalue weighted by atomic mass is 10.2. The van der Waals surface area contributed by atoms with Gasteiger partial charge in [0.1, 0.15) is 5.75 Å². The maximum absolute atomic E-state index is 12.2. The molecule has 1 rings (SSSR count). The van der Waals surface area contributed by atoms with E-state index in [0.717, 1.165) is 37.5 Å². The summed E-state index contributed by atoms with van der Waals surface area (Å²) in [4.78, 5) is 4.43. The smallest absolute Gasteiger partial charge is 0.387 e. The van der Waals surface area contributed by atoms with E-state index in [1.54, 1.807) is 12.1 Å². The van der Waals surface area contributed by atoms with Gasteiger partial charge in [0.05, 0.1) is 6.54 Å². The number of halogens is 3. The lowest BCUT2D eigenvalue weighted by Crippen LogP contribution is -2.37. The zero-order valence-corrected chi connectivity index (χ0v) is 15.3. The Morgan fingerprint density at radius 1 is 1.27 bits per heavy atom. The molecule has 0 saturated carbocycles. The molecule has 0 fully saturated rings. The molecule has 0 bridgehead atoms. The Kier molecular flexibility index (Phi) is 11.8. The van der Waals surface area contributed by atoms with Gasteiger partial charge in [-0.15, -0.1) is 24.0 Å². The second-order valence-corrected chi connectivity index (χ2v) is 4.50. The molecular formula is C15H24F2IN3O. The fourth-order valence-electron chi connectivity index (χ4n) is 1.72. The highest BCUT2D eigenvalue weighted by Crippen LogP contribution is 2.16. The van der Waals surface area contributed by atoms with E-state index in [1.165, 1.54) is 6.07 Å². The monoisotopic (exact) mass is 427 g/mol. The highest BCUT2D eigenvalue weighted by molar-refractivity contribution is 14.0. The van der Waals surface area contributed by atoms with Crippen molar-refractivity contribution in [1.82, 2.24) is 10.6 Å². The van der Waals surface area contributed by atoms with Crippen molar-refractivity contribution in [3.63, 3.8) is 0 Å². The summed E-state index contributed by atoms with van der Waals surface area (Å²) < 4.78 is 28.7. The van der Waals surface area contributed by atoms with Crippen molar-refractivity contribution in [1.29, 1.82) is 0 Å². The van der Waals surface area contributed by atoms with Crippen LogP contribution in [0.2, 0.25) is 0 Å². The van der Waals surface area contributed by atoms with Crippen LogP contribution in [0.1, 0.15) is 32.3 Å². The summed E-state index contributed by atoms with van der Waals surface area (Å²) in [6.07, 6.45) is 2.18. The summed E-state index contributed by atoms with van der Waals surface area (Å²) in [5.41, 5.74) is 0.820. The maximum Gasteiger partial charge on any atom is 0.387 e. The molecule has 0 aliphatic heterocycles. The number of aliphatic imine (C=N–C) groups is 1. The average molecular weight is 427 g/mol. The topological polar surface area (TPSA) is 45.7 Å². The Balaban J connectivity index is 0.00000441. The van der Waals surface area contributed by atoms with Gasteiger partial charge < -0.3 is 15.4 Å². The highest BCUT2D eigenvalue weighted by Gasteiger charge is 2.04. The zero-order chi connectivity index (χ0) is 15.5. The van der Waals surface area contributed by atoms with Gasteiger partial charge in [0.15, 0.2) is 5.96 Å². The first-order chi connectivity index (χ1) is 10.2. The van der Waals surface area contributed by atoms with Gasteiger partial charge >= 0.3 is 6.61 Å². The first kappa shape index (κ1) is 20.9. The zero-order valence-electron chi connectivity index (χ0n) is 12.9. The van der Waals surface area contributed by atoms with Crippen molar-refractivity contribution in [2.45, 2.75) is 39.8 Å². The van der Waals surface area contributed by atoms with Crippen LogP contribution in [0, 0.1) is 0 Å². The molecule has 0 unspecified atom stereocenters. The molecule has 126 valence electrons. The second-order valence-electron chi connectivity index (χ2n) is 4.50. The SMILES string of the molecule is CCCCNC(=NCc1cccc(OC(F)F)c1)NCC.I. The first-order valence-corrected chi connectivity index (χ1v) is 7.21. The third kappa shape index (κ3) is 9.01. The Morgan fingerprint density at radius 2 is 2.05 bits per heavy atom. The number of nitrogens with zero attached hydrogens (tertiary/aromatic N) is 1. The van der Waals surface area contributed by atoms with E-state index in [1.807, 2.05) is 13.0 Å². The van der Waals surface area contributed by atoms with Gasteiger partial charge in [0.25, 0.3) is 0 Å². The number of alkyl halides is 2. The standard InChI is InChI=1S/C15H23F2N3O.HI/c1-3-5-9-19-15(18-4-2)20-11-12-7-6-8-13(10-12)21-14(16)17;/h6-8,10,14H,3-5,9,11H2,1-2H3,(H2,18,19,20);1H. The molecule has 2 N–H and O–H groups in total. The van der Waals surface area contributed by atoms with E-state index in [2.05, 4.69) is 27.3 Å². The average Bonchev–Trinajstić information content (AvgIpc) is 2.44. The molecule has 22 heavy (non-hydrogen) atoms. The highest BCUT2D eigenvalue weighted by atomic mass is 127. The van der Waals surface area contributed by atoms with Crippen LogP contribution in [0.25, 0.3) is 0 Å². The number of guanidine groups is 1. The Bertz CT molecular complexity index is 445. The molecule has 0 aliphatic rings. The molecule has 0 aromatic heterocycles. The number of benzene rings is 1. The molecule has 0 radical (unpaired) electrons. The van der Waals surface area contributed by atoms with E-state index in [-0.39, 0.29) is 29.7 Å². The number of unbranched alkanes of at least 4 members (excludes halogenated alkanes) is 1. The van der Waals surface area contributed by atoms with Crippen molar-refractivity contribution < 1.29 is 13.5 Å². The van der Waals surface area contributed by atoms with E-state index < -0.39 is 6.61 Å². The van der Waals surface area contributed by atoms with Crippen LogP contribution < -0.4 is 15.4 Å².